The molecule has 24 heavy (non-hydrogen) atoms. The lowest BCUT2D eigenvalue weighted by atomic mass is 10.2. The van der Waals surface area contributed by atoms with Gasteiger partial charge in [-0.2, -0.15) is 0 Å². The van der Waals surface area contributed by atoms with Crippen LogP contribution in [-0.2, 0) is 0 Å². The fraction of sp³-hybridized carbons (Fsp3) is 0. The molecule has 3 aromatic rings. The summed E-state index contributed by atoms with van der Waals surface area (Å²) in [6.45, 7) is 0. The molecule has 0 heterocycles. The molecule has 0 atom stereocenters. The molecule has 0 aliphatic carbocycles. The van der Waals surface area contributed by atoms with Crippen LogP contribution in [0, 0.1) is 0 Å². The number of benzene rings is 3. The Morgan fingerprint density at radius 3 is 1.58 bits per heavy atom. The van der Waals surface area contributed by atoms with Crippen LogP contribution < -0.4 is 5.30 Å². The molecule has 0 amide bonds. The molecule has 3 rings (SSSR count). The van der Waals surface area contributed by atoms with Gasteiger partial charge in [-0.1, -0.05) is 71.3 Å². The van der Waals surface area contributed by atoms with Crippen molar-refractivity contribution < 1.29 is 9.90 Å². The number of carboxylic acid groups (broad SMARTS) is 1. The summed E-state index contributed by atoms with van der Waals surface area (Å²) in [4.78, 5) is 13.5. The Balaban J connectivity index is 1.87. The van der Waals surface area contributed by atoms with Crippen molar-refractivity contribution in [3.8, 4) is 0 Å². The number of rotatable bonds is 6. The van der Waals surface area contributed by atoms with E-state index < -0.39 is 12.3 Å². The van der Waals surface area contributed by atoms with Gasteiger partial charge in [0.2, 0.25) is 0 Å². The highest BCUT2D eigenvalue weighted by atomic mass is 33.1. The third kappa shape index (κ3) is 4.64. The lowest BCUT2D eigenvalue weighted by Gasteiger charge is -2.17. The predicted octanol–water partition coefficient (Wildman–Crippen LogP) is 5.91. The maximum Gasteiger partial charge on any atom is 0.335 e. The first-order chi connectivity index (χ1) is 11.7. The van der Waals surface area contributed by atoms with Gasteiger partial charge in [0.25, 0.3) is 0 Å². The largest absolute Gasteiger partial charge is 0.478 e. The van der Waals surface area contributed by atoms with Crippen molar-refractivity contribution in [2.45, 2.75) is 9.79 Å². The van der Waals surface area contributed by atoms with Gasteiger partial charge in [0.1, 0.15) is 0 Å². The summed E-state index contributed by atoms with van der Waals surface area (Å²) < 4.78 is 0. The van der Waals surface area contributed by atoms with E-state index in [1.165, 1.54) is 9.79 Å². The van der Waals surface area contributed by atoms with Gasteiger partial charge < -0.3 is 5.11 Å². The van der Waals surface area contributed by atoms with E-state index in [-0.39, 0.29) is 0 Å². The molecule has 3 aromatic carbocycles. The molecule has 0 aliphatic rings. The summed E-state index contributed by atoms with van der Waals surface area (Å²) in [6.07, 6.45) is -0.600. The Hall–Kier alpha value is -1.74. The van der Waals surface area contributed by atoms with Crippen molar-refractivity contribution in [2.75, 3.05) is 0 Å². The minimum atomic E-state index is -0.891. The van der Waals surface area contributed by atoms with E-state index in [0.29, 0.717) is 5.56 Å². The predicted molar refractivity (Wildman–Crippen MR) is 105 cm³/mol. The van der Waals surface area contributed by atoms with Crippen LogP contribution in [0.1, 0.15) is 10.4 Å². The maximum atomic E-state index is 11.1. The lowest BCUT2D eigenvalue weighted by Crippen LogP contribution is -2.01. The molecule has 2 nitrogen and oxygen atoms in total. The normalized spacial score (nSPS) is 10.7. The Kier molecular flexibility index (Phi) is 5.97. The van der Waals surface area contributed by atoms with Crippen molar-refractivity contribution in [2.24, 2.45) is 0 Å². The second-order valence-corrected chi connectivity index (χ2v) is 11.2. The van der Waals surface area contributed by atoms with Gasteiger partial charge in [0, 0.05) is 9.79 Å². The van der Waals surface area contributed by atoms with E-state index in [1.54, 1.807) is 12.1 Å². The standard InChI is InChI=1S/C19H15O2PS2/c20-19(21)15-11-13-16(14-12-15)22(23-17-7-3-1-4-8-17)24-18-9-5-2-6-10-18/h1-14H,(H,20,21). The zero-order chi connectivity index (χ0) is 16.8. The van der Waals surface area contributed by atoms with Gasteiger partial charge in [-0.3, -0.25) is 0 Å². The molecule has 0 unspecified atom stereocenters. The van der Waals surface area contributed by atoms with Crippen LogP contribution in [0.15, 0.2) is 94.7 Å². The Labute approximate surface area is 150 Å². The van der Waals surface area contributed by atoms with Crippen molar-refractivity contribution >= 4 is 40.4 Å². The number of hydrogen-bond acceptors (Lipinski definition) is 3. The quantitative estimate of drug-likeness (QED) is 0.548. The maximum absolute atomic E-state index is 11.1. The number of carbonyl (C=O) groups is 1. The molecule has 0 aromatic heterocycles. The lowest BCUT2D eigenvalue weighted by molar-refractivity contribution is 0.0697. The average molecular weight is 370 g/mol. The number of carboxylic acids is 1. The molecule has 0 bridgehead atoms. The van der Waals surface area contributed by atoms with Crippen LogP contribution in [-0.4, -0.2) is 11.1 Å². The number of aromatic carboxylic acids is 1. The minimum Gasteiger partial charge on any atom is -0.478 e. The first-order valence-electron chi connectivity index (χ1n) is 7.32. The molecule has 0 aliphatic heterocycles. The molecule has 0 saturated carbocycles. The highest BCUT2D eigenvalue weighted by molar-refractivity contribution is 8.90. The highest BCUT2D eigenvalue weighted by Gasteiger charge is 2.16. The summed E-state index contributed by atoms with van der Waals surface area (Å²) in [5.74, 6) is -0.891. The topological polar surface area (TPSA) is 37.3 Å². The van der Waals surface area contributed by atoms with Crippen LogP contribution in [0.2, 0.25) is 0 Å². The molecule has 1 N–H and O–H groups in total. The van der Waals surface area contributed by atoms with Crippen LogP contribution in [0.4, 0.5) is 0 Å². The van der Waals surface area contributed by atoms with Crippen molar-refractivity contribution in [3.63, 3.8) is 0 Å². The Bertz CT molecular complexity index is 751. The average Bonchev–Trinajstić information content (AvgIpc) is 2.63. The van der Waals surface area contributed by atoms with Crippen LogP contribution in [0.25, 0.3) is 0 Å². The minimum absolute atomic E-state index is 0.322. The summed E-state index contributed by atoms with van der Waals surface area (Å²) in [5, 5.41) is 10.2. The molecular formula is C19H15O2PS2. The molecule has 0 spiro atoms. The molecule has 0 radical (unpaired) electrons. The first kappa shape index (κ1) is 17.1. The zero-order valence-electron chi connectivity index (χ0n) is 12.7. The summed E-state index contributed by atoms with van der Waals surface area (Å²) >= 11 is 3.66. The van der Waals surface area contributed by atoms with Gasteiger partial charge >= 0.3 is 5.97 Å². The molecule has 0 saturated heterocycles. The smallest absolute Gasteiger partial charge is 0.335 e. The third-order valence-electron chi connectivity index (χ3n) is 3.19. The molecule has 120 valence electrons. The van der Waals surface area contributed by atoms with Gasteiger partial charge in [0.05, 0.1) is 11.9 Å². The van der Waals surface area contributed by atoms with E-state index >= 15 is 0 Å². The molecular weight excluding hydrogens is 355 g/mol. The van der Waals surface area contributed by atoms with E-state index in [2.05, 4.69) is 24.3 Å². The van der Waals surface area contributed by atoms with Gasteiger partial charge in [-0.05, 0) is 41.7 Å². The van der Waals surface area contributed by atoms with Crippen molar-refractivity contribution in [3.05, 3.63) is 90.5 Å². The molecule has 0 fully saturated rings. The summed E-state index contributed by atoms with van der Waals surface area (Å²) in [5.41, 5.74) is 0.322. The van der Waals surface area contributed by atoms with E-state index in [4.69, 9.17) is 5.11 Å². The fourth-order valence-corrected chi connectivity index (χ4v) is 8.82. The monoisotopic (exact) mass is 370 g/mol. The van der Waals surface area contributed by atoms with Gasteiger partial charge in [-0.25, -0.2) is 4.79 Å². The van der Waals surface area contributed by atoms with Gasteiger partial charge in [0.15, 0.2) is 0 Å². The number of hydrogen-bond donors (Lipinski definition) is 1. The summed E-state index contributed by atoms with van der Waals surface area (Å²) in [6, 6.07) is 27.8. The second kappa shape index (κ2) is 8.39. The van der Waals surface area contributed by atoms with Crippen LogP contribution >= 0.6 is 29.1 Å². The van der Waals surface area contributed by atoms with E-state index in [1.807, 2.05) is 71.3 Å². The van der Waals surface area contributed by atoms with E-state index in [9.17, 15) is 4.79 Å². The van der Waals surface area contributed by atoms with Crippen LogP contribution in [0.5, 0.6) is 0 Å². The van der Waals surface area contributed by atoms with Crippen LogP contribution in [0.3, 0.4) is 0 Å². The van der Waals surface area contributed by atoms with Crippen molar-refractivity contribution in [1.29, 1.82) is 0 Å². The first-order valence-corrected chi connectivity index (χ1v) is 11.5. The second-order valence-electron chi connectivity index (χ2n) is 4.92. The SMILES string of the molecule is O=C(O)c1ccc(P(Sc2ccccc2)Sc2ccccc2)cc1. The zero-order valence-corrected chi connectivity index (χ0v) is 15.2. The highest BCUT2D eigenvalue weighted by Crippen LogP contribution is 2.65. The fourth-order valence-electron chi connectivity index (χ4n) is 2.00. The molecule has 5 heteroatoms. The summed E-state index contributed by atoms with van der Waals surface area (Å²) in [7, 11) is 0. The Morgan fingerprint density at radius 1 is 0.708 bits per heavy atom. The Morgan fingerprint density at radius 2 is 1.17 bits per heavy atom. The van der Waals surface area contributed by atoms with E-state index in [0.717, 1.165) is 5.30 Å². The van der Waals surface area contributed by atoms with Crippen molar-refractivity contribution in [1.82, 2.24) is 0 Å². The third-order valence-corrected chi connectivity index (χ3v) is 10.1. The van der Waals surface area contributed by atoms with Gasteiger partial charge in [-0.15, -0.1) is 0 Å².